The van der Waals surface area contributed by atoms with Crippen LogP contribution in [0, 0.1) is 0 Å². The zero-order valence-electron chi connectivity index (χ0n) is 25.5. The minimum atomic E-state index is 0.706. The molecule has 0 aliphatic heterocycles. The van der Waals surface area contributed by atoms with Crippen molar-refractivity contribution in [2.24, 2.45) is 0 Å². The topological polar surface area (TPSA) is 38.9 Å². The van der Waals surface area contributed by atoms with E-state index in [1.54, 1.807) is 0 Å². The number of hydrogen-bond donors (Lipinski definition) is 0. The summed E-state index contributed by atoms with van der Waals surface area (Å²) in [5.74, 6) is 0.706. The first-order chi connectivity index (χ1) is 23.3. The quantitative estimate of drug-likeness (QED) is 0.197. The Morgan fingerprint density at radius 3 is 1.66 bits per heavy atom. The highest BCUT2D eigenvalue weighted by atomic mass is 16.3. The van der Waals surface area contributed by atoms with E-state index in [4.69, 9.17) is 14.4 Å². The molecular formula is C44H28N2O. The molecule has 9 rings (SSSR count). The number of para-hydroxylation sites is 2. The second kappa shape index (κ2) is 11.2. The van der Waals surface area contributed by atoms with Crippen LogP contribution in [0.3, 0.4) is 0 Å². The molecule has 0 fully saturated rings. The van der Waals surface area contributed by atoms with E-state index in [1.807, 2.05) is 18.2 Å². The molecule has 0 radical (unpaired) electrons. The van der Waals surface area contributed by atoms with Crippen LogP contribution < -0.4 is 0 Å². The van der Waals surface area contributed by atoms with E-state index < -0.39 is 0 Å². The van der Waals surface area contributed by atoms with Crippen molar-refractivity contribution in [3.8, 4) is 56.2 Å². The SMILES string of the molecule is c1ccc(-c2ccc(-c3cc(-c4ccc(-c5cccc6c5oc5ccccc56)cc4)nc(-c4cccc5ccccc45)n3)cc2)cc1. The third kappa shape index (κ3) is 4.86. The Bertz CT molecular complexity index is 2540. The van der Waals surface area contributed by atoms with Gasteiger partial charge in [-0.15, -0.1) is 0 Å². The van der Waals surface area contributed by atoms with Crippen molar-refractivity contribution >= 4 is 32.7 Å². The highest BCUT2D eigenvalue weighted by Gasteiger charge is 2.15. The molecule has 0 aliphatic rings. The summed E-state index contributed by atoms with van der Waals surface area (Å²) in [6.45, 7) is 0. The number of furan rings is 1. The van der Waals surface area contributed by atoms with E-state index in [-0.39, 0.29) is 0 Å². The lowest BCUT2D eigenvalue weighted by Crippen LogP contribution is -1.96. The summed E-state index contributed by atoms with van der Waals surface area (Å²) in [7, 11) is 0. The molecule has 0 amide bonds. The van der Waals surface area contributed by atoms with Crippen molar-refractivity contribution in [3.63, 3.8) is 0 Å². The minimum absolute atomic E-state index is 0.706. The first kappa shape index (κ1) is 27.0. The second-order valence-electron chi connectivity index (χ2n) is 11.8. The lowest BCUT2D eigenvalue weighted by atomic mass is 9.99. The lowest BCUT2D eigenvalue weighted by molar-refractivity contribution is 0.670. The standard InChI is InChI=1S/C44H28N2O/c1-2-10-29(11-3-1)30-20-24-33(25-21-30)40-28-41(46-44(45-40)39-18-8-13-31-12-4-5-14-35(31)39)34-26-22-32(23-27-34)36-16-9-17-38-37-15-6-7-19-42(37)47-43(36)38/h1-28H. The maximum absolute atomic E-state index is 6.33. The summed E-state index contributed by atoms with van der Waals surface area (Å²) >= 11 is 0. The summed E-state index contributed by atoms with van der Waals surface area (Å²) in [6.07, 6.45) is 0. The molecular weight excluding hydrogens is 572 g/mol. The largest absolute Gasteiger partial charge is 0.455 e. The summed E-state index contributed by atoms with van der Waals surface area (Å²) in [5, 5.41) is 4.55. The van der Waals surface area contributed by atoms with Gasteiger partial charge in [0.25, 0.3) is 0 Å². The van der Waals surface area contributed by atoms with Crippen LogP contribution >= 0.6 is 0 Å². The molecule has 0 bridgehead atoms. The van der Waals surface area contributed by atoms with Gasteiger partial charge in [-0.25, -0.2) is 9.97 Å². The third-order valence-corrected chi connectivity index (χ3v) is 8.94. The van der Waals surface area contributed by atoms with Crippen LogP contribution in [-0.4, -0.2) is 9.97 Å². The van der Waals surface area contributed by atoms with Crippen LogP contribution in [0.25, 0.3) is 88.9 Å². The fourth-order valence-electron chi connectivity index (χ4n) is 6.54. The van der Waals surface area contributed by atoms with E-state index in [9.17, 15) is 0 Å². The van der Waals surface area contributed by atoms with Crippen molar-refractivity contribution in [2.45, 2.75) is 0 Å². The Kier molecular flexibility index (Phi) is 6.46. The molecule has 0 atom stereocenters. The van der Waals surface area contributed by atoms with Gasteiger partial charge in [-0.1, -0.05) is 158 Å². The summed E-state index contributed by atoms with van der Waals surface area (Å²) in [4.78, 5) is 10.3. The summed E-state index contributed by atoms with van der Waals surface area (Å²) in [5.41, 5.74) is 11.2. The van der Waals surface area contributed by atoms with Gasteiger partial charge in [0.2, 0.25) is 0 Å². The Balaban J connectivity index is 1.16. The minimum Gasteiger partial charge on any atom is -0.455 e. The maximum atomic E-state index is 6.33. The van der Waals surface area contributed by atoms with E-state index in [2.05, 4.69) is 152 Å². The maximum Gasteiger partial charge on any atom is 0.161 e. The van der Waals surface area contributed by atoms with Gasteiger partial charge in [0.1, 0.15) is 11.2 Å². The molecule has 0 N–H and O–H groups in total. The number of nitrogens with zero attached hydrogens (tertiary/aromatic N) is 2. The lowest BCUT2D eigenvalue weighted by Gasteiger charge is -2.12. The van der Waals surface area contributed by atoms with E-state index in [1.165, 1.54) is 11.1 Å². The highest BCUT2D eigenvalue weighted by Crippen LogP contribution is 2.37. The van der Waals surface area contributed by atoms with Gasteiger partial charge in [-0.05, 0) is 39.6 Å². The second-order valence-corrected chi connectivity index (χ2v) is 11.8. The zero-order chi connectivity index (χ0) is 31.2. The van der Waals surface area contributed by atoms with Crippen molar-refractivity contribution < 1.29 is 4.42 Å². The molecule has 7 aromatic carbocycles. The smallest absolute Gasteiger partial charge is 0.161 e. The van der Waals surface area contributed by atoms with Crippen molar-refractivity contribution in [3.05, 3.63) is 170 Å². The third-order valence-electron chi connectivity index (χ3n) is 8.94. The molecule has 0 spiro atoms. The number of benzene rings is 7. The molecule has 0 unspecified atom stereocenters. The molecule has 0 saturated heterocycles. The summed E-state index contributed by atoms with van der Waals surface area (Å²) in [6, 6.07) is 59.1. The first-order valence-electron chi connectivity index (χ1n) is 15.8. The van der Waals surface area contributed by atoms with Crippen molar-refractivity contribution in [1.29, 1.82) is 0 Å². The Morgan fingerprint density at radius 2 is 0.894 bits per heavy atom. The highest BCUT2D eigenvalue weighted by molar-refractivity contribution is 6.09. The van der Waals surface area contributed by atoms with Crippen LogP contribution in [-0.2, 0) is 0 Å². The predicted octanol–water partition coefficient (Wildman–Crippen LogP) is 11.9. The van der Waals surface area contributed by atoms with Gasteiger partial charge in [0.15, 0.2) is 5.82 Å². The van der Waals surface area contributed by atoms with Crippen molar-refractivity contribution in [1.82, 2.24) is 9.97 Å². The molecule has 220 valence electrons. The average Bonchev–Trinajstić information content (AvgIpc) is 3.54. The molecule has 9 aromatic rings. The van der Waals surface area contributed by atoms with Gasteiger partial charge >= 0.3 is 0 Å². The van der Waals surface area contributed by atoms with Gasteiger partial charge in [-0.3, -0.25) is 0 Å². The Hall–Kier alpha value is -6.32. The van der Waals surface area contributed by atoms with Crippen LogP contribution in [0.2, 0.25) is 0 Å². The van der Waals surface area contributed by atoms with E-state index in [0.717, 1.165) is 71.9 Å². The van der Waals surface area contributed by atoms with E-state index >= 15 is 0 Å². The number of hydrogen-bond acceptors (Lipinski definition) is 3. The predicted molar refractivity (Wildman–Crippen MR) is 194 cm³/mol. The first-order valence-corrected chi connectivity index (χ1v) is 15.8. The molecule has 3 heteroatoms. The van der Waals surface area contributed by atoms with Gasteiger partial charge in [-0.2, -0.15) is 0 Å². The van der Waals surface area contributed by atoms with Gasteiger partial charge in [0, 0.05) is 33.0 Å². The fourth-order valence-corrected chi connectivity index (χ4v) is 6.54. The monoisotopic (exact) mass is 600 g/mol. The number of fused-ring (bicyclic) bond motifs is 4. The fraction of sp³-hybridized carbons (Fsp3) is 0. The molecule has 47 heavy (non-hydrogen) atoms. The molecule has 0 saturated carbocycles. The molecule has 3 nitrogen and oxygen atoms in total. The van der Waals surface area contributed by atoms with Crippen molar-refractivity contribution in [2.75, 3.05) is 0 Å². The van der Waals surface area contributed by atoms with Crippen LogP contribution in [0.1, 0.15) is 0 Å². The molecule has 0 aliphatic carbocycles. The van der Waals surface area contributed by atoms with Crippen LogP contribution in [0.15, 0.2) is 174 Å². The Labute approximate surface area is 272 Å². The number of rotatable bonds is 5. The summed E-state index contributed by atoms with van der Waals surface area (Å²) < 4.78 is 6.33. The van der Waals surface area contributed by atoms with Gasteiger partial charge < -0.3 is 4.42 Å². The van der Waals surface area contributed by atoms with E-state index in [0.29, 0.717) is 5.82 Å². The van der Waals surface area contributed by atoms with Crippen LogP contribution in [0.4, 0.5) is 0 Å². The molecule has 2 heterocycles. The normalized spacial score (nSPS) is 11.4. The Morgan fingerprint density at radius 1 is 0.362 bits per heavy atom. The molecule has 2 aromatic heterocycles. The number of aromatic nitrogens is 2. The average molecular weight is 601 g/mol. The van der Waals surface area contributed by atoms with Gasteiger partial charge in [0.05, 0.1) is 11.4 Å². The van der Waals surface area contributed by atoms with Crippen LogP contribution in [0.5, 0.6) is 0 Å². The zero-order valence-corrected chi connectivity index (χ0v) is 25.5.